The number of aromatic hydroxyl groups is 1. The molecule has 2 rings (SSSR count). The molecule has 1 unspecified atom stereocenters. The number of phenolic OH excluding ortho intramolecular Hbond substituents is 1. The second-order valence-electron chi connectivity index (χ2n) is 4.58. The van der Waals surface area contributed by atoms with Gasteiger partial charge in [-0.05, 0) is 36.6 Å². The molecule has 0 saturated carbocycles. The van der Waals surface area contributed by atoms with Crippen LogP contribution in [0, 0.1) is 11.7 Å². The van der Waals surface area contributed by atoms with Crippen LogP contribution in [0.15, 0.2) is 18.2 Å². The number of benzene rings is 1. The number of likely N-dealkylation sites (tertiary alicyclic amines) is 1. The van der Waals surface area contributed by atoms with E-state index in [0.29, 0.717) is 0 Å². The highest BCUT2D eigenvalue weighted by Crippen LogP contribution is 2.22. The molecule has 1 aliphatic rings. The number of hydrogen-bond acceptors (Lipinski definition) is 2. The quantitative estimate of drug-likeness (QED) is 0.851. The number of halogens is 1. The maximum atomic E-state index is 13.1. The second kappa shape index (κ2) is 4.83. The first-order valence-electron chi connectivity index (χ1n) is 5.88. The molecule has 1 aromatic carbocycles. The van der Waals surface area contributed by atoms with Gasteiger partial charge in [-0.2, -0.15) is 0 Å². The normalized spacial score (nSPS) is 21.5. The average molecular weight is 223 g/mol. The van der Waals surface area contributed by atoms with E-state index in [0.717, 1.165) is 31.1 Å². The van der Waals surface area contributed by atoms with E-state index in [4.69, 9.17) is 5.11 Å². The van der Waals surface area contributed by atoms with Crippen LogP contribution in [0.4, 0.5) is 4.39 Å². The third-order valence-electron chi connectivity index (χ3n) is 3.37. The Balaban J connectivity index is 1.97. The molecule has 1 N–H and O–H groups in total. The fourth-order valence-corrected chi connectivity index (χ4v) is 2.30. The van der Waals surface area contributed by atoms with Crippen LogP contribution in [0.2, 0.25) is 0 Å². The van der Waals surface area contributed by atoms with Crippen molar-refractivity contribution in [2.45, 2.75) is 26.3 Å². The summed E-state index contributed by atoms with van der Waals surface area (Å²) in [5.74, 6) is 0.00214. The Labute approximate surface area is 95.7 Å². The molecule has 88 valence electrons. The lowest BCUT2D eigenvalue weighted by molar-refractivity contribution is 0.314. The molecule has 1 aliphatic heterocycles. The molecule has 0 amide bonds. The summed E-state index contributed by atoms with van der Waals surface area (Å²) in [5.41, 5.74) is 0.937. The van der Waals surface area contributed by atoms with Gasteiger partial charge in [0.15, 0.2) is 11.6 Å². The molecule has 1 aromatic rings. The molecular formula is C13H18FNO. The van der Waals surface area contributed by atoms with Gasteiger partial charge >= 0.3 is 0 Å². The van der Waals surface area contributed by atoms with E-state index in [-0.39, 0.29) is 5.75 Å². The summed E-state index contributed by atoms with van der Waals surface area (Å²) < 4.78 is 13.1. The molecule has 1 saturated heterocycles. The minimum Gasteiger partial charge on any atom is -0.505 e. The van der Waals surface area contributed by atoms with Gasteiger partial charge in [-0.1, -0.05) is 19.4 Å². The van der Waals surface area contributed by atoms with Crippen LogP contribution in [-0.2, 0) is 6.54 Å². The molecule has 16 heavy (non-hydrogen) atoms. The van der Waals surface area contributed by atoms with Gasteiger partial charge in [-0.15, -0.1) is 0 Å². The van der Waals surface area contributed by atoms with Gasteiger partial charge < -0.3 is 5.11 Å². The van der Waals surface area contributed by atoms with Crippen molar-refractivity contribution in [3.05, 3.63) is 29.6 Å². The SMILES string of the molecule is CCC1CCN(Cc2ccc(O)c(F)c2)C1. The molecule has 0 radical (unpaired) electrons. The fourth-order valence-electron chi connectivity index (χ4n) is 2.30. The molecule has 1 fully saturated rings. The second-order valence-corrected chi connectivity index (χ2v) is 4.58. The monoisotopic (exact) mass is 223 g/mol. The zero-order chi connectivity index (χ0) is 11.5. The van der Waals surface area contributed by atoms with Crippen LogP contribution in [0.5, 0.6) is 5.75 Å². The Morgan fingerprint density at radius 3 is 2.94 bits per heavy atom. The van der Waals surface area contributed by atoms with Gasteiger partial charge in [-0.25, -0.2) is 4.39 Å². The van der Waals surface area contributed by atoms with Gasteiger partial charge in [0.25, 0.3) is 0 Å². The van der Waals surface area contributed by atoms with Crippen molar-refractivity contribution in [3.8, 4) is 5.75 Å². The Morgan fingerprint density at radius 2 is 2.31 bits per heavy atom. The Kier molecular flexibility index (Phi) is 3.44. The fraction of sp³-hybridized carbons (Fsp3) is 0.538. The lowest BCUT2D eigenvalue weighted by atomic mass is 10.1. The predicted molar refractivity (Wildman–Crippen MR) is 61.7 cm³/mol. The third-order valence-corrected chi connectivity index (χ3v) is 3.37. The topological polar surface area (TPSA) is 23.5 Å². The third kappa shape index (κ3) is 2.53. The molecule has 0 aliphatic carbocycles. The lowest BCUT2D eigenvalue weighted by Crippen LogP contribution is -2.20. The van der Waals surface area contributed by atoms with Gasteiger partial charge in [0.05, 0.1) is 0 Å². The van der Waals surface area contributed by atoms with E-state index >= 15 is 0 Å². The first-order chi connectivity index (χ1) is 7.69. The van der Waals surface area contributed by atoms with Crippen LogP contribution in [-0.4, -0.2) is 23.1 Å². The van der Waals surface area contributed by atoms with Crippen molar-refractivity contribution in [2.24, 2.45) is 5.92 Å². The van der Waals surface area contributed by atoms with Crippen molar-refractivity contribution in [1.29, 1.82) is 0 Å². The standard InChI is InChI=1S/C13H18FNO/c1-2-10-5-6-15(8-10)9-11-3-4-13(16)12(14)7-11/h3-4,7,10,16H,2,5-6,8-9H2,1H3. The van der Waals surface area contributed by atoms with E-state index in [1.54, 1.807) is 6.07 Å². The highest BCUT2D eigenvalue weighted by molar-refractivity contribution is 5.27. The van der Waals surface area contributed by atoms with Crippen LogP contribution in [0.3, 0.4) is 0 Å². The summed E-state index contributed by atoms with van der Waals surface area (Å²) in [7, 11) is 0. The van der Waals surface area contributed by atoms with E-state index in [9.17, 15) is 4.39 Å². The first-order valence-corrected chi connectivity index (χ1v) is 5.88. The molecule has 1 heterocycles. The molecule has 0 spiro atoms. The van der Waals surface area contributed by atoms with Gasteiger partial charge in [0.2, 0.25) is 0 Å². The van der Waals surface area contributed by atoms with Crippen molar-refractivity contribution in [3.63, 3.8) is 0 Å². The number of phenols is 1. The smallest absolute Gasteiger partial charge is 0.165 e. The predicted octanol–water partition coefficient (Wildman–Crippen LogP) is 2.76. The highest BCUT2D eigenvalue weighted by atomic mass is 19.1. The van der Waals surface area contributed by atoms with E-state index in [1.165, 1.54) is 25.0 Å². The van der Waals surface area contributed by atoms with Gasteiger partial charge in [-0.3, -0.25) is 4.90 Å². The lowest BCUT2D eigenvalue weighted by Gasteiger charge is -2.15. The van der Waals surface area contributed by atoms with E-state index in [1.807, 2.05) is 0 Å². The molecule has 3 heteroatoms. The minimum atomic E-state index is -0.524. The summed E-state index contributed by atoms with van der Waals surface area (Å²) in [6.45, 7) is 5.21. The molecule has 0 bridgehead atoms. The zero-order valence-electron chi connectivity index (χ0n) is 9.62. The van der Waals surface area contributed by atoms with Crippen molar-refractivity contribution in [1.82, 2.24) is 4.90 Å². The summed E-state index contributed by atoms with van der Waals surface area (Å²) >= 11 is 0. The Hall–Kier alpha value is -1.09. The molecule has 0 aromatic heterocycles. The average Bonchev–Trinajstić information content (AvgIpc) is 2.71. The van der Waals surface area contributed by atoms with E-state index < -0.39 is 5.82 Å². The summed E-state index contributed by atoms with van der Waals surface area (Å²) in [6.07, 6.45) is 2.47. The summed E-state index contributed by atoms with van der Waals surface area (Å²) in [5, 5.41) is 9.10. The molecular weight excluding hydrogens is 205 g/mol. The zero-order valence-corrected chi connectivity index (χ0v) is 9.62. The summed E-state index contributed by atoms with van der Waals surface area (Å²) in [6, 6.07) is 4.64. The highest BCUT2D eigenvalue weighted by Gasteiger charge is 2.20. The van der Waals surface area contributed by atoms with Gasteiger partial charge in [0.1, 0.15) is 0 Å². The number of rotatable bonds is 3. The van der Waals surface area contributed by atoms with Crippen molar-refractivity contribution < 1.29 is 9.50 Å². The number of nitrogens with zero attached hydrogens (tertiary/aromatic N) is 1. The Morgan fingerprint density at radius 1 is 1.50 bits per heavy atom. The van der Waals surface area contributed by atoms with Gasteiger partial charge in [0, 0.05) is 13.1 Å². The van der Waals surface area contributed by atoms with Crippen LogP contribution in [0.25, 0.3) is 0 Å². The largest absolute Gasteiger partial charge is 0.505 e. The molecule has 2 nitrogen and oxygen atoms in total. The van der Waals surface area contributed by atoms with Crippen molar-refractivity contribution in [2.75, 3.05) is 13.1 Å². The Bertz CT molecular complexity index is 367. The number of hydrogen-bond donors (Lipinski definition) is 1. The van der Waals surface area contributed by atoms with E-state index in [2.05, 4.69) is 11.8 Å². The minimum absolute atomic E-state index is 0.267. The van der Waals surface area contributed by atoms with Crippen molar-refractivity contribution >= 4 is 0 Å². The maximum Gasteiger partial charge on any atom is 0.165 e. The molecule has 1 atom stereocenters. The summed E-state index contributed by atoms with van der Waals surface area (Å²) in [4.78, 5) is 2.35. The van der Waals surface area contributed by atoms with Crippen LogP contribution < -0.4 is 0 Å². The first kappa shape index (κ1) is 11.4. The van der Waals surface area contributed by atoms with Crippen LogP contribution in [0.1, 0.15) is 25.3 Å². The van der Waals surface area contributed by atoms with Crippen LogP contribution >= 0.6 is 0 Å². The maximum absolute atomic E-state index is 13.1.